The van der Waals surface area contributed by atoms with Gasteiger partial charge >= 0.3 is 5.97 Å². The smallest absolute Gasteiger partial charge is 0.335 e. The van der Waals surface area contributed by atoms with Gasteiger partial charge in [-0.3, -0.25) is 4.79 Å². The lowest BCUT2D eigenvalue weighted by Gasteiger charge is -2.07. The van der Waals surface area contributed by atoms with Crippen LogP contribution in [0.25, 0.3) is 0 Å². The molecule has 2 rings (SSSR count). The first-order valence-electron chi connectivity index (χ1n) is 5.35. The minimum atomic E-state index is -0.991. The number of carboxylic acid groups (broad SMARTS) is 1. The van der Waals surface area contributed by atoms with Crippen molar-refractivity contribution in [3.8, 4) is 0 Å². The minimum absolute atomic E-state index is 0.0506. The number of halogens is 2. The summed E-state index contributed by atoms with van der Waals surface area (Å²) in [5.41, 5.74) is 0.638. The molecule has 1 heterocycles. The minimum Gasteiger partial charge on any atom is -0.478 e. The van der Waals surface area contributed by atoms with Gasteiger partial charge in [0.25, 0.3) is 5.56 Å². The zero-order chi connectivity index (χ0) is 14.0. The van der Waals surface area contributed by atoms with Crippen molar-refractivity contribution in [2.24, 2.45) is 0 Å². The molecule has 0 amide bonds. The van der Waals surface area contributed by atoms with Crippen LogP contribution in [0.3, 0.4) is 0 Å². The van der Waals surface area contributed by atoms with Crippen molar-refractivity contribution >= 4 is 29.2 Å². The molecule has 6 heteroatoms. The van der Waals surface area contributed by atoms with Crippen molar-refractivity contribution in [3.05, 3.63) is 68.1 Å². The van der Waals surface area contributed by atoms with Crippen LogP contribution in [-0.2, 0) is 6.54 Å². The van der Waals surface area contributed by atoms with Crippen LogP contribution >= 0.6 is 23.2 Å². The molecule has 1 aromatic carbocycles. The first kappa shape index (κ1) is 13.6. The Bertz CT molecular complexity index is 677. The Morgan fingerprint density at radius 1 is 1.21 bits per heavy atom. The third-order valence-electron chi connectivity index (χ3n) is 2.56. The van der Waals surface area contributed by atoms with E-state index in [1.807, 2.05) is 0 Å². The van der Waals surface area contributed by atoms with Crippen molar-refractivity contribution in [1.82, 2.24) is 4.57 Å². The summed E-state index contributed by atoms with van der Waals surface area (Å²) in [4.78, 5) is 22.5. The van der Waals surface area contributed by atoms with Gasteiger partial charge in [0.2, 0.25) is 0 Å². The van der Waals surface area contributed by atoms with E-state index in [4.69, 9.17) is 28.3 Å². The molecule has 0 unspecified atom stereocenters. The van der Waals surface area contributed by atoms with Gasteiger partial charge in [0.05, 0.1) is 17.1 Å². The van der Waals surface area contributed by atoms with Crippen LogP contribution in [0.15, 0.2) is 41.3 Å². The number of nitrogens with zero attached hydrogens (tertiary/aromatic N) is 1. The lowest BCUT2D eigenvalue weighted by molar-refractivity contribution is 0.0697. The standard InChI is InChI=1S/C13H9Cl2NO3/c14-10-5-11(15)12(17)16(7-10)6-8-1-3-9(4-2-8)13(18)19/h1-5,7H,6H2,(H,18,19). The fourth-order valence-corrected chi connectivity index (χ4v) is 2.14. The Balaban J connectivity index is 2.31. The Hall–Kier alpha value is -1.78. The molecule has 0 saturated heterocycles. The molecular weight excluding hydrogens is 289 g/mol. The normalized spacial score (nSPS) is 10.4. The van der Waals surface area contributed by atoms with Gasteiger partial charge < -0.3 is 9.67 Å². The van der Waals surface area contributed by atoms with Gasteiger partial charge in [0.1, 0.15) is 5.02 Å². The van der Waals surface area contributed by atoms with E-state index in [0.29, 0.717) is 5.02 Å². The average molecular weight is 298 g/mol. The van der Waals surface area contributed by atoms with Crippen LogP contribution in [0.5, 0.6) is 0 Å². The summed E-state index contributed by atoms with van der Waals surface area (Å²) in [7, 11) is 0. The highest BCUT2D eigenvalue weighted by Crippen LogP contribution is 2.13. The second kappa shape index (κ2) is 5.47. The molecule has 0 aliphatic heterocycles. The molecular formula is C13H9Cl2NO3. The van der Waals surface area contributed by atoms with E-state index in [9.17, 15) is 9.59 Å². The summed E-state index contributed by atoms with van der Waals surface area (Å²) in [6.45, 7) is 0.277. The quantitative estimate of drug-likeness (QED) is 0.947. The van der Waals surface area contributed by atoms with Gasteiger partial charge in [-0.1, -0.05) is 35.3 Å². The number of hydrogen-bond acceptors (Lipinski definition) is 2. The maximum atomic E-state index is 11.8. The third kappa shape index (κ3) is 3.16. The van der Waals surface area contributed by atoms with Gasteiger partial charge in [-0.15, -0.1) is 0 Å². The summed E-state index contributed by atoms with van der Waals surface area (Å²) < 4.78 is 1.38. The van der Waals surface area contributed by atoms with Crippen molar-refractivity contribution in [1.29, 1.82) is 0 Å². The van der Waals surface area contributed by atoms with Crippen LogP contribution in [-0.4, -0.2) is 15.6 Å². The Morgan fingerprint density at radius 3 is 2.42 bits per heavy atom. The van der Waals surface area contributed by atoms with Crippen molar-refractivity contribution in [2.45, 2.75) is 6.54 Å². The second-order valence-electron chi connectivity index (χ2n) is 3.94. The fraction of sp³-hybridized carbons (Fsp3) is 0.0769. The fourth-order valence-electron chi connectivity index (χ4n) is 1.63. The van der Waals surface area contributed by atoms with Gasteiger partial charge in [0, 0.05) is 6.20 Å². The van der Waals surface area contributed by atoms with Gasteiger partial charge in [0.15, 0.2) is 0 Å². The van der Waals surface area contributed by atoms with E-state index in [0.717, 1.165) is 5.56 Å². The maximum absolute atomic E-state index is 11.8. The molecule has 0 fully saturated rings. The number of pyridine rings is 1. The van der Waals surface area contributed by atoms with E-state index in [2.05, 4.69) is 0 Å². The average Bonchev–Trinajstić information content (AvgIpc) is 2.36. The van der Waals surface area contributed by atoms with Crippen LogP contribution in [0, 0.1) is 0 Å². The highest BCUT2D eigenvalue weighted by atomic mass is 35.5. The van der Waals surface area contributed by atoms with E-state index < -0.39 is 5.97 Å². The van der Waals surface area contributed by atoms with Gasteiger partial charge in [-0.05, 0) is 23.8 Å². The second-order valence-corrected chi connectivity index (χ2v) is 4.79. The van der Waals surface area contributed by atoms with Crippen molar-refractivity contribution < 1.29 is 9.90 Å². The number of carbonyl (C=O) groups is 1. The number of aromatic nitrogens is 1. The van der Waals surface area contributed by atoms with Gasteiger partial charge in [-0.25, -0.2) is 4.79 Å². The topological polar surface area (TPSA) is 59.3 Å². The molecule has 98 valence electrons. The molecule has 0 spiro atoms. The summed E-state index contributed by atoms with van der Waals surface area (Å²) >= 11 is 11.6. The number of carboxylic acids is 1. The number of hydrogen-bond donors (Lipinski definition) is 1. The molecule has 19 heavy (non-hydrogen) atoms. The third-order valence-corrected chi connectivity index (χ3v) is 3.04. The molecule has 0 bridgehead atoms. The molecule has 1 aromatic heterocycles. The van der Waals surface area contributed by atoms with Crippen molar-refractivity contribution in [2.75, 3.05) is 0 Å². The predicted octanol–water partition coefficient (Wildman–Crippen LogP) is 2.90. The van der Waals surface area contributed by atoms with E-state index in [-0.39, 0.29) is 22.7 Å². The molecule has 0 saturated carbocycles. The summed E-state index contributed by atoms with van der Waals surface area (Å²) in [5.74, 6) is -0.991. The monoisotopic (exact) mass is 297 g/mol. The predicted molar refractivity (Wildman–Crippen MR) is 73.2 cm³/mol. The molecule has 1 N–H and O–H groups in total. The van der Waals surface area contributed by atoms with E-state index in [1.165, 1.54) is 29.0 Å². The van der Waals surface area contributed by atoms with Gasteiger partial charge in [-0.2, -0.15) is 0 Å². The maximum Gasteiger partial charge on any atom is 0.335 e. The Morgan fingerprint density at radius 2 is 1.84 bits per heavy atom. The number of benzene rings is 1. The summed E-state index contributed by atoms with van der Waals surface area (Å²) in [6.07, 6.45) is 1.49. The van der Waals surface area contributed by atoms with E-state index >= 15 is 0 Å². The van der Waals surface area contributed by atoms with E-state index in [1.54, 1.807) is 12.1 Å². The van der Waals surface area contributed by atoms with Crippen molar-refractivity contribution in [3.63, 3.8) is 0 Å². The van der Waals surface area contributed by atoms with Crippen LogP contribution in [0.2, 0.25) is 10.0 Å². The molecule has 2 aromatic rings. The van der Waals surface area contributed by atoms with Crippen LogP contribution in [0.4, 0.5) is 0 Å². The Kier molecular flexibility index (Phi) is 3.93. The first-order valence-corrected chi connectivity index (χ1v) is 6.10. The lowest BCUT2D eigenvalue weighted by Crippen LogP contribution is -2.20. The number of aromatic carboxylic acids is 1. The summed E-state index contributed by atoms with van der Waals surface area (Å²) in [6, 6.07) is 7.63. The molecule has 0 aliphatic carbocycles. The largest absolute Gasteiger partial charge is 0.478 e. The summed E-state index contributed by atoms with van der Waals surface area (Å²) in [5, 5.41) is 9.21. The van der Waals surface area contributed by atoms with Crippen LogP contribution < -0.4 is 5.56 Å². The number of rotatable bonds is 3. The molecule has 0 radical (unpaired) electrons. The molecule has 0 atom stereocenters. The molecule has 0 aliphatic rings. The lowest BCUT2D eigenvalue weighted by atomic mass is 10.1. The highest BCUT2D eigenvalue weighted by molar-refractivity contribution is 6.34. The molecule has 4 nitrogen and oxygen atoms in total. The zero-order valence-corrected chi connectivity index (χ0v) is 11.1. The Labute approximate surface area is 118 Å². The highest BCUT2D eigenvalue weighted by Gasteiger charge is 2.06. The SMILES string of the molecule is O=C(O)c1ccc(Cn2cc(Cl)cc(Cl)c2=O)cc1. The van der Waals surface area contributed by atoms with Crippen LogP contribution in [0.1, 0.15) is 15.9 Å². The first-order chi connectivity index (χ1) is 8.97. The zero-order valence-electron chi connectivity index (χ0n) is 9.64.